The summed E-state index contributed by atoms with van der Waals surface area (Å²) < 4.78 is 48.6. The summed E-state index contributed by atoms with van der Waals surface area (Å²) in [5.41, 5.74) is 1.96. The number of aliphatic carboxylic acids is 1. The number of aliphatic hydroxyl groups excluding tert-OH is 1. The number of alkyl halides is 3. The molecule has 2 heterocycles. The molecule has 14 nitrogen and oxygen atoms in total. The number of carboxylic acids is 1. The monoisotopic (exact) mass is 917 g/mol. The minimum Gasteiger partial charge on any atom is -0.481 e. The van der Waals surface area contributed by atoms with Crippen molar-refractivity contribution in [1.29, 1.82) is 0 Å². The van der Waals surface area contributed by atoms with E-state index in [0.717, 1.165) is 22.0 Å². The van der Waals surface area contributed by atoms with Gasteiger partial charge in [-0.1, -0.05) is 41.4 Å². The number of piperidine rings is 1. The topological polar surface area (TPSA) is 178 Å². The number of aliphatic hydroxyl groups is 1. The minimum absolute atomic E-state index is 0.0331. The van der Waals surface area contributed by atoms with Crippen molar-refractivity contribution in [3.63, 3.8) is 0 Å². The third kappa shape index (κ3) is 13.9. The van der Waals surface area contributed by atoms with Crippen LogP contribution < -0.4 is 20.7 Å². The number of rotatable bonds is 19. The Morgan fingerprint density at radius 3 is 2.32 bits per heavy atom. The van der Waals surface area contributed by atoms with Crippen molar-refractivity contribution in [2.75, 3.05) is 33.8 Å². The molecular formula is C44H52Cl2F3N7O7. The quantitative estimate of drug-likeness (QED) is 0.0754. The zero-order valence-corrected chi connectivity index (χ0v) is 36.9. The van der Waals surface area contributed by atoms with Crippen LogP contribution in [-0.4, -0.2) is 111 Å². The van der Waals surface area contributed by atoms with Crippen LogP contribution in [0.3, 0.4) is 0 Å². The first-order valence-corrected chi connectivity index (χ1v) is 21.0. The summed E-state index contributed by atoms with van der Waals surface area (Å²) in [4.78, 5) is 60.1. The average Bonchev–Trinajstić information content (AvgIpc) is 3.57. The van der Waals surface area contributed by atoms with Crippen LogP contribution >= 0.6 is 23.2 Å². The highest BCUT2D eigenvalue weighted by Gasteiger charge is 2.44. The minimum atomic E-state index is -4.80. The molecule has 1 aliphatic rings. The Kier molecular flexibility index (Phi) is 16.6. The van der Waals surface area contributed by atoms with E-state index in [1.807, 2.05) is 61.1 Å². The molecule has 19 heteroatoms. The molecule has 1 aliphatic heterocycles. The largest absolute Gasteiger partial charge is 0.481 e. The van der Waals surface area contributed by atoms with Gasteiger partial charge in [0.25, 0.3) is 0 Å². The van der Waals surface area contributed by atoms with E-state index < -0.39 is 72.9 Å². The summed E-state index contributed by atoms with van der Waals surface area (Å²) in [5, 5.41) is 29.1. The van der Waals surface area contributed by atoms with Crippen LogP contribution in [0.5, 0.6) is 11.5 Å². The smallest absolute Gasteiger partial charge is 0.389 e. The molecular weight excluding hydrogens is 866 g/mol. The summed E-state index contributed by atoms with van der Waals surface area (Å²) in [6, 6.07) is 16.9. The SMILES string of the molecule is CC(NCc1ccc(Cl)cc1Oc1ccc(-c2cnc(CN(C)C)n2C)cc1)C(=O)NC(CO)C(=O)NC1(Cc2ccc(Cl)cc2)CCCN(C(=O)C(CC(=O)O)CC(F)(F)F)C1. The van der Waals surface area contributed by atoms with E-state index in [-0.39, 0.29) is 38.9 Å². The summed E-state index contributed by atoms with van der Waals surface area (Å²) in [5.74, 6) is -3.95. The highest BCUT2D eigenvalue weighted by Crippen LogP contribution is 2.33. The van der Waals surface area contributed by atoms with Gasteiger partial charge in [-0.25, -0.2) is 4.98 Å². The molecule has 0 bridgehead atoms. The van der Waals surface area contributed by atoms with Gasteiger partial charge in [0.2, 0.25) is 17.7 Å². The van der Waals surface area contributed by atoms with Gasteiger partial charge in [0, 0.05) is 47.9 Å². The number of ether oxygens (including phenoxy) is 1. The zero-order chi connectivity index (χ0) is 46.1. The lowest BCUT2D eigenvalue weighted by Crippen LogP contribution is -2.65. The number of likely N-dealkylation sites (tertiary alicyclic amines) is 1. The van der Waals surface area contributed by atoms with Crippen LogP contribution in [0.25, 0.3) is 11.3 Å². The van der Waals surface area contributed by atoms with Crippen molar-refractivity contribution in [3.8, 4) is 22.8 Å². The van der Waals surface area contributed by atoms with Crippen LogP contribution in [0.15, 0.2) is 72.9 Å². The second kappa shape index (κ2) is 21.5. The van der Waals surface area contributed by atoms with Gasteiger partial charge in [-0.2, -0.15) is 13.2 Å². The van der Waals surface area contributed by atoms with Crippen LogP contribution in [0.4, 0.5) is 13.2 Å². The lowest BCUT2D eigenvalue weighted by Gasteiger charge is -2.45. The van der Waals surface area contributed by atoms with Crippen molar-refractivity contribution in [2.45, 2.75) is 75.9 Å². The van der Waals surface area contributed by atoms with Gasteiger partial charge < -0.3 is 45.3 Å². The van der Waals surface area contributed by atoms with Crippen molar-refractivity contribution < 1.29 is 47.3 Å². The molecule has 4 atom stereocenters. The van der Waals surface area contributed by atoms with E-state index in [1.165, 1.54) is 0 Å². The van der Waals surface area contributed by atoms with Gasteiger partial charge in [0.1, 0.15) is 23.4 Å². The first kappa shape index (κ1) is 48.8. The lowest BCUT2D eigenvalue weighted by atomic mass is 9.82. The first-order valence-electron chi connectivity index (χ1n) is 20.2. The lowest BCUT2D eigenvalue weighted by molar-refractivity contribution is -0.164. The molecule has 5 N–H and O–H groups in total. The predicted octanol–water partition coefficient (Wildman–Crippen LogP) is 5.97. The Morgan fingerprint density at radius 1 is 1.00 bits per heavy atom. The maximum Gasteiger partial charge on any atom is 0.389 e. The van der Waals surface area contributed by atoms with Crippen molar-refractivity contribution in [2.24, 2.45) is 13.0 Å². The molecule has 4 unspecified atom stereocenters. The molecule has 63 heavy (non-hydrogen) atoms. The number of carbonyl (C=O) groups excluding carboxylic acids is 3. The third-order valence-electron chi connectivity index (χ3n) is 10.7. The van der Waals surface area contributed by atoms with Gasteiger partial charge >= 0.3 is 12.1 Å². The van der Waals surface area contributed by atoms with Crippen LogP contribution in [0.1, 0.15) is 49.6 Å². The number of carbonyl (C=O) groups is 4. The number of hydrogen-bond donors (Lipinski definition) is 5. The van der Waals surface area contributed by atoms with E-state index in [9.17, 15) is 42.6 Å². The van der Waals surface area contributed by atoms with E-state index in [1.54, 1.807) is 49.4 Å². The first-order chi connectivity index (χ1) is 29.7. The summed E-state index contributed by atoms with van der Waals surface area (Å²) >= 11 is 12.4. The maximum atomic E-state index is 13.9. The van der Waals surface area contributed by atoms with Crippen LogP contribution in [0, 0.1) is 5.92 Å². The van der Waals surface area contributed by atoms with E-state index in [4.69, 9.17) is 27.9 Å². The van der Waals surface area contributed by atoms with Gasteiger partial charge in [-0.3, -0.25) is 19.2 Å². The summed E-state index contributed by atoms with van der Waals surface area (Å²) in [7, 11) is 5.92. The van der Waals surface area contributed by atoms with Crippen molar-refractivity contribution >= 4 is 46.9 Å². The molecule has 0 radical (unpaired) electrons. The molecule has 0 aliphatic carbocycles. The molecule has 340 valence electrons. The van der Waals surface area contributed by atoms with Crippen LogP contribution in [0.2, 0.25) is 10.0 Å². The second-order valence-electron chi connectivity index (χ2n) is 16.1. The van der Waals surface area contributed by atoms with Crippen molar-refractivity contribution in [3.05, 3.63) is 99.9 Å². The molecule has 3 amide bonds. The highest BCUT2D eigenvalue weighted by atomic mass is 35.5. The number of carboxylic acid groups (broad SMARTS) is 1. The number of hydrogen-bond acceptors (Lipinski definition) is 9. The van der Waals surface area contributed by atoms with Crippen molar-refractivity contribution in [1.82, 2.24) is 35.3 Å². The molecule has 5 rings (SSSR count). The van der Waals surface area contributed by atoms with E-state index in [2.05, 4.69) is 20.9 Å². The van der Waals surface area contributed by atoms with E-state index in [0.29, 0.717) is 39.2 Å². The van der Waals surface area contributed by atoms with E-state index >= 15 is 0 Å². The second-order valence-corrected chi connectivity index (χ2v) is 17.0. The highest BCUT2D eigenvalue weighted by molar-refractivity contribution is 6.31. The molecule has 1 fully saturated rings. The normalized spacial score (nSPS) is 16.9. The molecule has 0 spiro atoms. The van der Waals surface area contributed by atoms with Gasteiger partial charge in [0.05, 0.1) is 55.4 Å². The Balaban J connectivity index is 1.25. The number of nitrogens with one attached hydrogen (secondary N) is 3. The predicted molar refractivity (Wildman–Crippen MR) is 231 cm³/mol. The molecule has 1 saturated heterocycles. The fourth-order valence-electron chi connectivity index (χ4n) is 7.53. The standard InChI is InChI=1S/C44H52Cl2F3N7O7/c1-27(50-22-30-8-13-33(46)19-37(30)63-34-14-9-29(10-15-34)36-23-51-38(55(36)4)24-54(2)3)40(60)52-35(25-57)41(61)53-43(20-28-6-11-32(45)12-7-28)16-5-17-56(26-43)42(62)31(18-39(58)59)21-44(47,48)49/h6-15,19,23,27,31,35,50,57H,5,16-18,20-22,24-26H2,1-4H3,(H,52,60)(H,53,61)(H,58,59). The number of nitrogens with zero attached hydrogens (tertiary/aromatic N) is 4. The Morgan fingerprint density at radius 2 is 1.68 bits per heavy atom. The number of benzene rings is 3. The fraction of sp³-hybridized carbons (Fsp3) is 0.432. The van der Waals surface area contributed by atoms with Crippen LogP contribution in [-0.2, 0) is 45.7 Å². The number of aromatic nitrogens is 2. The molecule has 1 aromatic heterocycles. The van der Waals surface area contributed by atoms with Gasteiger partial charge in [0.15, 0.2) is 0 Å². The third-order valence-corrected chi connectivity index (χ3v) is 11.2. The Hall–Kier alpha value is -5.20. The molecule has 3 aromatic carbocycles. The molecule has 0 saturated carbocycles. The number of halogens is 5. The van der Waals surface area contributed by atoms with Gasteiger partial charge in [-0.05, 0) is 94.4 Å². The summed E-state index contributed by atoms with van der Waals surface area (Å²) in [6.07, 6.45) is -4.99. The Labute approximate surface area is 373 Å². The Bertz CT molecular complexity index is 2220. The average molecular weight is 919 g/mol. The van der Waals surface area contributed by atoms with Gasteiger partial charge in [-0.15, -0.1) is 0 Å². The zero-order valence-electron chi connectivity index (χ0n) is 35.3. The number of imidazole rings is 1. The number of amides is 3. The molecule has 4 aromatic rings. The maximum absolute atomic E-state index is 13.9. The summed E-state index contributed by atoms with van der Waals surface area (Å²) in [6.45, 7) is 1.38. The fourth-order valence-corrected chi connectivity index (χ4v) is 7.82.